The van der Waals surface area contributed by atoms with E-state index in [1.807, 2.05) is 0 Å². The van der Waals surface area contributed by atoms with E-state index in [1.165, 1.54) is 17.0 Å². The molecule has 2 amide bonds. The van der Waals surface area contributed by atoms with Gasteiger partial charge in [-0.2, -0.15) is 0 Å². The molecule has 0 aromatic heterocycles. The third-order valence-electron chi connectivity index (χ3n) is 3.89. The summed E-state index contributed by atoms with van der Waals surface area (Å²) in [7, 11) is 1.67. The van der Waals surface area contributed by atoms with Crippen molar-refractivity contribution in [1.82, 2.24) is 4.90 Å². The van der Waals surface area contributed by atoms with Crippen LogP contribution in [0.5, 0.6) is 11.5 Å². The lowest BCUT2D eigenvalue weighted by Crippen LogP contribution is -2.42. The van der Waals surface area contributed by atoms with E-state index in [2.05, 4.69) is 5.32 Å². The molecule has 1 fully saturated rings. The molecular formula is C19H21FN2O4. The predicted octanol–water partition coefficient (Wildman–Crippen LogP) is 3.50. The van der Waals surface area contributed by atoms with Crippen LogP contribution in [0, 0.1) is 5.82 Å². The summed E-state index contributed by atoms with van der Waals surface area (Å²) in [5.41, 5.74) is 0.452. The molecule has 6 nitrogen and oxygen atoms in total. The van der Waals surface area contributed by atoms with E-state index in [0.717, 1.165) is 0 Å². The summed E-state index contributed by atoms with van der Waals surface area (Å²) in [6, 6.07) is 12.7. The number of hydrogen-bond donors (Lipinski definition) is 1. The number of carbonyl (C=O) groups is 1. The Bertz CT molecular complexity index is 750. The molecule has 1 aliphatic heterocycles. The van der Waals surface area contributed by atoms with E-state index >= 15 is 0 Å². The number of ether oxygens (including phenoxy) is 3. The van der Waals surface area contributed by atoms with Crippen LogP contribution in [-0.4, -0.2) is 50.4 Å². The van der Waals surface area contributed by atoms with Gasteiger partial charge in [-0.15, -0.1) is 0 Å². The van der Waals surface area contributed by atoms with E-state index in [4.69, 9.17) is 14.2 Å². The molecule has 1 saturated heterocycles. The third kappa shape index (κ3) is 4.71. The van der Waals surface area contributed by atoms with Crippen LogP contribution in [0.1, 0.15) is 0 Å². The number of para-hydroxylation sites is 3. The summed E-state index contributed by atoms with van der Waals surface area (Å²) in [4.78, 5) is 14.0. The average molecular weight is 360 g/mol. The summed E-state index contributed by atoms with van der Waals surface area (Å²) in [6.07, 6.45) is -0.149. The first-order valence-corrected chi connectivity index (χ1v) is 8.36. The fraction of sp³-hybridized carbons (Fsp3) is 0.316. The van der Waals surface area contributed by atoms with Gasteiger partial charge in [-0.3, -0.25) is 0 Å². The van der Waals surface area contributed by atoms with Crippen molar-refractivity contribution in [3.05, 3.63) is 54.3 Å². The lowest BCUT2D eigenvalue weighted by molar-refractivity contribution is -0.0925. The lowest BCUT2D eigenvalue weighted by Gasteiger charge is -2.27. The number of hydrogen-bond acceptors (Lipinski definition) is 4. The first kappa shape index (κ1) is 18.2. The summed E-state index contributed by atoms with van der Waals surface area (Å²) in [5.74, 6) is -0.0212. The molecule has 0 bridgehead atoms. The number of halogens is 1. The Hall–Kier alpha value is -2.64. The summed E-state index contributed by atoms with van der Waals surface area (Å²) >= 11 is 0. The first-order valence-electron chi connectivity index (χ1n) is 8.36. The maximum absolute atomic E-state index is 13.8. The van der Waals surface area contributed by atoms with E-state index in [1.54, 1.807) is 43.4 Å². The van der Waals surface area contributed by atoms with Gasteiger partial charge in [-0.1, -0.05) is 24.3 Å². The predicted molar refractivity (Wildman–Crippen MR) is 95.1 cm³/mol. The fourth-order valence-corrected chi connectivity index (χ4v) is 2.55. The number of likely N-dealkylation sites (N-methyl/N-ethyl adjacent to an activating group) is 1. The number of nitrogens with zero attached hydrogens (tertiary/aromatic N) is 1. The van der Waals surface area contributed by atoms with Crippen molar-refractivity contribution in [1.29, 1.82) is 0 Å². The van der Waals surface area contributed by atoms with Crippen LogP contribution in [-0.2, 0) is 9.47 Å². The number of urea groups is 1. The van der Waals surface area contributed by atoms with Gasteiger partial charge in [0.2, 0.25) is 0 Å². The fourth-order valence-electron chi connectivity index (χ4n) is 2.55. The average Bonchev–Trinajstić information content (AvgIpc) is 2.66. The molecule has 1 heterocycles. The van der Waals surface area contributed by atoms with Gasteiger partial charge in [-0.25, -0.2) is 9.18 Å². The van der Waals surface area contributed by atoms with Crippen molar-refractivity contribution in [2.75, 3.05) is 38.7 Å². The normalized spacial score (nSPS) is 16.8. The molecule has 7 heteroatoms. The van der Waals surface area contributed by atoms with Gasteiger partial charge in [0, 0.05) is 7.05 Å². The van der Waals surface area contributed by atoms with Gasteiger partial charge in [0.15, 0.2) is 17.3 Å². The molecular weight excluding hydrogens is 339 g/mol. The second kappa shape index (κ2) is 8.64. The molecule has 3 rings (SSSR count). The molecule has 2 aromatic rings. The molecule has 26 heavy (non-hydrogen) atoms. The Morgan fingerprint density at radius 2 is 1.92 bits per heavy atom. The Balaban J connectivity index is 1.65. The molecule has 0 aliphatic carbocycles. The van der Waals surface area contributed by atoms with Crippen molar-refractivity contribution in [2.45, 2.75) is 6.10 Å². The molecule has 138 valence electrons. The minimum atomic E-state index is -0.472. The minimum Gasteiger partial charge on any atom is -0.452 e. The quantitative estimate of drug-likeness (QED) is 0.887. The van der Waals surface area contributed by atoms with Crippen LogP contribution >= 0.6 is 0 Å². The summed E-state index contributed by atoms with van der Waals surface area (Å²) < 4.78 is 30.3. The Kier molecular flexibility index (Phi) is 6.04. The van der Waals surface area contributed by atoms with Crippen molar-refractivity contribution in [3.8, 4) is 11.5 Å². The highest BCUT2D eigenvalue weighted by Crippen LogP contribution is 2.30. The molecule has 2 aromatic carbocycles. The zero-order valence-corrected chi connectivity index (χ0v) is 14.5. The number of amides is 2. The van der Waals surface area contributed by atoms with Gasteiger partial charge in [0.25, 0.3) is 0 Å². The van der Waals surface area contributed by atoms with Crippen LogP contribution in [0.15, 0.2) is 48.5 Å². The zero-order chi connectivity index (χ0) is 18.4. The summed E-state index contributed by atoms with van der Waals surface area (Å²) in [5, 5.41) is 2.78. The maximum Gasteiger partial charge on any atom is 0.321 e. The van der Waals surface area contributed by atoms with Gasteiger partial charge < -0.3 is 24.4 Å². The standard InChI is InChI=1S/C19H21FN2O4/c1-22(12-14-13-24-10-11-25-14)19(23)21-16-7-3-5-9-18(16)26-17-8-4-2-6-15(17)20/h2-9,14H,10-13H2,1H3,(H,21,23)/t14-/m0/s1. The number of rotatable bonds is 5. The summed E-state index contributed by atoms with van der Waals surface area (Å²) in [6.45, 7) is 1.97. The van der Waals surface area contributed by atoms with Gasteiger partial charge >= 0.3 is 6.03 Å². The first-order chi connectivity index (χ1) is 12.6. The second-order valence-corrected chi connectivity index (χ2v) is 5.91. The minimum absolute atomic E-state index is 0.0929. The highest BCUT2D eigenvalue weighted by molar-refractivity contribution is 5.90. The van der Waals surface area contributed by atoms with Crippen LogP contribution in [0.3, 0.4) is 0 Å². The van der Waals surface area contributed by atoms with Crippen molar-refractivity contribution in [2.24, 2.45) is 0 Å². The highest BCUT2D eigenvalue weighted by atomic mass is 19.1. The van der Waals surface area contributed by atoms with E-state index in [9.17, 15) is 9.18 Å². The van der Waals surface area contributed by atoms with Gasteiger partial charge in [0.05, 0.1) is 38.2 Å². The molecule has 1 aliphatic rings. The molecule has 1 atom stereocenters. The largest absolute Gasteiger partial charge is 0.452 e. The number of benzene rings is 2. The molecule has 0 radical (unpaired) electrons. The van der Waals surface area contributed by atoms with E-state index < -0.39 is 5.82 Å². The maximum atomic E-state index is 13.8. The lowest BCUT2D eigenvalue weighted by atomic mass is 10.3. The molecule has 0 spiro atoms. The van der Waals surface area contributed by atoms with Crippen molar-refractivity contribution >= 4 is 11.7 Å². The van der Waals surface area contributed by atoms with Gasteiger partial charge in [-0.05, 0) is 24.3 Å². The third-order valence-corrected chi connectivity index (χ3v) is 3.89. The molecule has 1 N–H and O–H groups in total. The van der Waals surface area contributed by atoms with Crippen molar-refractivity contribution in [3.63, 3.8) is 0 Å². The number of nitrogens with one attached hydrogen (secondary N) is 1. The van der Waals surface area contributed by atoms with E-state index in [0.29, 0.717) is 37.8 Å². The Labute approximate surface area is 151 Å². The van der Waals surface area contributed by atoms with Crippen LogP contribution in [0.25, 0.3) is 0 Å². The number of anilines is 1. The Morgan fingerprint density at radius 3 is 2.65 bits per heavy atom. The van der Waals surface area contributed by atoms with Crippen molar-refractivity contribution < 1.29 is 23.4 Å². The van der Waals surface area contributed by atoms with Crippen LogP contribution in [0.4, 0.5) is 14.9 Å². The smallest absolute Gasteiger partial charge is 0.321 e. The molecule has 0 saturated carbocycles. The van der Waals surface area contributed by atoms with Crippen LogP contribution in [0.2, 0.25) is 0 Å². The topological polar surface area (TPSA) is 60.0 Å². The van der Waals surface area contributed by atoms with E-state index in [-0.39, 0.29) is 17.9 Å². The zero-order valence-electron chi connectivity index (χ0n) is 14.5. The second-order valence-electron chi connectivity index (χ2n) is 5.91. The Morgan fingerprint density at radius 1 is 1.19 bits per heavy atom. The number of carbonyl (C=O) groups excluding carboxylic acids is 1. The van der Waals surface area contributed by atoms with Crippen LogP contribution < -0.4 is 10.1 Å². The highest BCUT2D eigenvalue weighted by Gasteiger charge is 2.20. The SMILES string of the molecule is CN(C[C@H]1COCCO1)C(=O)Nc1ccccc1Oc1ccccc1F. The van der Waals surface area contributed by atoms with Gasteiger partial charge in [0.1, 0.15) is 0 Å². The monoisotopic (exact) mass is 360 g/mol. The molecule has 0 unspecified atom stereocenters.